The van der Waals surface area contributed by atoms with Crippen molar-refractivity contribution in [1.29, 1.82) is 0 Å². The van der Waals surface area contributed by atoms with E-state index in [0.717, 1.165) is 19.0 Å². The summed E-state index contributed by atoms with van der Waals surface area (Å²) in [5.74, 6) is 0.880. The van der Waals surface area contributed by atoms with Gasteiger partial charge in [-0.15, -0.1) is 11.3 Å². The lowest BCUT2D eigenvalue weighted by molar-refractivity contribution is 0.362. The van der Waals surface area contributed by atoms with Crippen LogP contribution in [0.2, 0.25) is 0 Å². The Morgan fingerprint density at radius 1 is 1.39 bits per heavy atom. The summed E-state index contributed by atoms with van der Waals surface area (Å²) in [5, 5.41) is 4.52. The predicted octanol–water partition coefficient (Wildman–Crippen LogP) is 3.27. The normalized spacial score (nSPS) is 17.0. The van der Waals surface area contributed by atoms with Crippen LogP contribution in [0.15, 0.2) is 6.20 Å². The summed E-state index contributed by atoms with van der Waals surface area (Å²) >= 11 is 1.82. The minimum absolute atomic E-state index is 0.880. The first kappa shape index (κ1) is 13.8. The van der Waals surface area contributed by atoms with E-state index in [2.05, 4.69) is 29.2 Å². The van der Waals surface area contributed by atoms with Crippen molar-refractivity contribution in [1.82, 2.24) is 10.3 Å². The van der Waals surface area contributed by atoms with Gasteiger partial charge in [0.1, 0.15) is 0 Å². The summed E-state index contributed by atoms with van der Waals surface area (Å²) in [7, 11) is 2.18. The first-order valence-electron chi connectivity index (χ1n) is 7.16. The maximum atomic E-state index is 4.54. The highest BCUT2D eigenvalue weighted by Gasteiger charge is 2.17. The van der Waals surface area contributed by atoms with E-state index in [9.17, 15) is 0 Å². The van der Waals surface area contributed by atoms with Crippen LogP contribution in [0, 0.1) is 5.92 Å². The summed E-state index contributed by atoms with van der Waals surface area (Å²) in [6, 6.07) is 0. The van der Waals surface area contributed by atoms with Crippen LogP contribution in [0.5, 0.6) is 0 Å². The summed E-state index contributed by atoms with van der Waals surface area (Å²) < 4.78 is 0. The molecular weight excluding hydrogens is 242 g/mol. The molecule has 0 saturated heterocycles. The highest BCUT2D eigenvalue weighted by molar-refractivity contribution is 7.15. The van der Waals surface area contributed by atoms with Crippen LogP contribution >= 0.6 is 11.3 Å². The third-order valence-corrected chi connectivity index (χ3v) is 4.79. The Bertz CT molecular complexity index is 345. The van der Waals surface area contributed by atoms with Gasteiger partial charge in [0, 0.05) is 31.2 Å². The van der Waals surface area contributed by atoms with Crippen molar-refractivity contribution in [3.8, 4) is 0 Å². The predicted molar refractivity (Wildman–Crippen MR) is 79.3 cm³/mol. The van der Waals surface area contributed by atoms with Crippen LogP contribution < -0.4 is 10.2 Å². The molecule has 4 heteroatoms. The number of aromatic nitrogens is 1. The lowest BCUT2D eigenvalue weighted by atomic mass is 9.89. The van der Waals surface area contributed by atoms with Gasteiger partial charge in [0.05, 0.1) is 0 Å². The summed E-state index contributed by atoms with van der Waals surface area (Å²) in [5.41, 5.74) is 0. The number of nitrogens with one attached hydrogen (secondary N) is 1. The smallest absolute Gasteiger partial charge is 0.185 e. The molecule has 0 radical (unpaired) electrons. The zero-order chi connectivity index (χ0) is 12.8. The van der Waals surface area contributed by atoms with Crippen LogP contribution in [0.3, 0.4) is 0 Å². The molecule has 0 spiro atoms. The highest BCUT2D eigenvalue weighted by atomic mass is 32.1. The molecule has 0 aliphatic heterocycles. The fourth-order valence-electron chi connectivity index (χ4n) is 2.64. The van der Waals surface area contributed by atoms with Gasteiger partial charge in [-0.1, -0.05) is 26.2 Å². The van der Waals surface area contributed by atoms with Crippen molar-refractivity contribution < 1.29 is 0 Å². The molecule has 0 atom stereocenters. The standard InChI is InChI=1S/C14H25N3S/c1-3-15-9-13-10-16-14(18-13)17(2)11-12-7-5-4-6-8-12/h10,12,15H,3-9,11H2,1-2H3. The fourth-order valence-corrected chi connectivity index (χ4v) is 3.49. The molecule has 1 fully saturated rings. The quantitative estimate of drug-likeness (QED) is 0.857. The van der Waals surface area contributed by atoms with Crippen LogP contribution in [0.1, 0.15) is 43.9 Å². The lowest BCUT2D eigenvalue weighted by Gasteiger charge is -2.26. The van der Waals surface area contributed by atoms with Crippen molar-refractivity contribution in [2.75, 3.05) is 25.0 Å². The first-order valence-corrected chi connectivity index (χ1v) is 7.97. The number of anilines is 1. The van der Waals surface area contributed by atoms with Crippen LogP contribution in [0.25, 0.3) is 0 Å². The van der Waals surface area contributed by atoms with E-state index in [1.165, 1.54) is 48.7 Å². The minimum atomic E-state index is 0.880. The van der Waals surface area contributed by atoms with Crippen LogP contribution in [0.4, 0.5) is 5.13 Å². The number of hydrogen-bond donors (Lipinski definition) is 1. The van der Waals surface area contributed by atoms with E-state index in [4.69, 9.17) is 0 Å². The number of nitrogens with zero attached hydrogens (tertiary/aromatic N) is 2. The van der Waals surface area contributed by atoms with Gasteiger partial charge in [-0.3, -0.25) is 0 Å². The lowest BCUT2D eigenvalue weighted by Crippen LogP contribution is -2.26. The molecule has 0 bridgehead atoms. The second-order valence-corrected chi connectivity index (χ2v) is 6.37. The molecule has 18 heavy (non-hydrogen) atoms. The van der Waals surface area contributed by atoms with Crippen LogP contribution in [-0.2, 0) is 6.54 Å². The molecule has 1 aromatic heterocycles. The van der Waals surface area contributed by atoms with E-state index in [1.54, 1.807) is 0 Å². The van der Waals surface area contributed by atoms with Gasteiger partial charge >= 0.3 is 0 Å². The molecule has 1 aliphatic carbocycles. The van der Waals surface area contributed by atoms with Gasteiger partial charge in [-0.2, -0.15) is 0 Å². The van der Waals surface area contributed by atoms with Crippen molar-refractivity contribution >= 4 is 16.5 Å². The molecule has 0 amide bonds. The molecule has 0 unspecified atom stereocenters. The Morgan fingerprint density at radius 3 is 2.89 bits per heavy atom. The molecule has 0 aromatic carbocycles. The number of rotatable bonds is 6. The highest BCUT2D eigenvalue weighted by Crippen LogP contribution is 2.27. The maximum Gasteiger partial charge on any atom is 0.185 e. The van der Waals surface area contributed by atoms with Gasteiger partial charge in [-0.25, -0.2) is 4.98 Å². The van der Waals surface area contributed by atoms with E-state index in [1.807, 2.05) is 17.5 Å². The third-order valence-electron chi connectivity index (χ3n) is 3.67. The van der Waals surface area contributed by atoms with Gasteiger partial charge in [0.15, 0.2) is 5.13 Å². The Morgan fingerprint density at radius 2 is 2.17 bits per heavy atom. The molecular formula is C14H25N3S. The van der Waals surface area contributed by atoms with Crippen molar-refractivity contribution in [2.24, 2.45) is 5.92 Å². The van der Waals surface area contributed by atoms with E-state index < -0.39 is 0 Å². The van der Waals surface area contributed by atoms with Gasteiger partial charge in [0.25, 0.3) is 0 Å². The van der Waals surface area contributed by atoms with Gasteiger partial charge in [-0.05, 0) is 25.3 Å². The summed E-state index contributed by atoms with van der Waals surface area (Å²) in [6.45, 7) is 5.28. The average molecular weight is 267 g/mol. The zero-order valence-electron chi connectivity index (χ0n) is 11.6. The van der Waals surface area contributed by atoms with Gasteiger partial charge < -0.3 is 10.2 Å². The number of hydrogen-bond acceptors (Lipinski definition) is 4. The Kier molecular flexibility index (Phi) is 5.45. The first-order chi connectivity index (χ1) is 8.79. The molecule has 1 heterocycles. The monoisotopic (exact) mass is 267 g/mol. The Labute approximate surface area is 115 Å². The second-order valence-electron chi connectivity index (χ2n) is 5.27. The van der Waals surface area contributed by atoms with Crippen molar-refractivity contribution in [3.05, 3.63) is 11.1 Å². The second kappa shape index (κ2) is 7.10. The van der Waals surface area contributed by atoms with Crippen molar-refractivity contribution in [2.45, 2.75) is 45.6 Å². The molecule has 102 valence electrons. The Hall–Kier alpha value is -0.610. The van der Waals surface area contributed by atoms with Crippen LogP contribution in [-0.4, -0.2) is 25.1 Å². The minimum Gasteiger partial charge on any atom is -0.351 e. The third kappa shape index (κ3) is 3.95. The Balaban J connectivity index is 1.83. The molecule has 1 aromatic rings. The maximum absolute atomic E-state index is 4.54. The van der Waals surface area contributed by atoms with Crippen molar-refractivity contribution in [3.63, 3.8) is 0 Å². The molecule has 1 saturated carbocycles. The molecule has 3 nitrogen and oxygen atoms in total. The van der Waals surface area contributed by atoms with Gasteiger partial charge in [0.2, 0.25) is 0 Å². The molecule has 1 N–H and O–H groups in total. The molecule has 1 aliphatic rings. The summed E-state index contributed by atoms with van der Waals surface area (Å²) in [4.78, 5) is 8.22. The fraction of sp³-hybridized carbons (Fsp3) is 0.786. The van der Waals surface area contributed by atoms with E-state index >= 15 is 0 Å². The van der Waals surface area contributed by atoms with E-state index in [-0.39, 0.29) is 0 Å². The SMILES string of the molecule is CCNCc1cnc(N(C)CC2CCCCC2)s1. The largest absolute Gasteiger partial charge is 0.351 e. The topological polar surface area (TPSA) is 28.2 Å². The zero-order valence-corrected chi connectivity index (χ0v) is 12.4. The van der Waals surface area contributed by atoms with E-state index in [0.29, 0.717) is 0 Å². The average Bonchev–Trinajstić information content (AvgIpc) is 2.86. The summed E-state index contributed by atoms with van der Waals surface area (Å²) in [6.07, 6.45) is 9.09. The molecule has 2 rings (SSSR count). The number of thiazole rings is 1.